The molecule has 3 nitrogen and oxygen atoms in total. The van der Waals surface area contributed by atoms with E-state index in [0.717, 1.165) is 4.34 Å². The first-order chi connectivity index (χ1) is 6.61. The lowest BCUT2D eigenvalue weighted by molar-refractivity contribution is -0.140. The van der Waals surface area contributed by atoms with Crippen LogP contribution in [0.1, 0.15) is 13.3 Å². The van der Waals surface area contributed by atoms with Crippen LogP contribution in [-0.4, -0.2) is 23.3 Å². The standard InChI is InChI=1S/C8H10ClNO2S2/c1-5(3-7(11)12-2)14-8-10-6(9)4-13-8/h4-5H,3H2,1-2H3. The number of ether oxygens (including phenoxy) is 1. The van der Waals surface area contributed by atoms with Gasteiger partial charge in [-0.05, 0) is 0 Å². The van der Waals surface area contributed by atoms with Crippen LogP contribution in [0.2, 0.25) is 5.15 Å². The highest BCUT2D eigenvalue weighted by Gasteiger charge is 2.12. The van der Waals surface area contributed by atoms with E-state index in [1.807, 2.05) is 6.92 Å². The van der Waals surface area contributed by atoms with Gasteiger partial charge in [0.1, 0.15) is 5.15 Å². The monoisotopic (exact) mass is 251 g/mol. The Kier molecular flexibility index (Phi) is 4.71. The van der Waals surface area contributed by atoms with E-state index in [2.05, 4.69) is 9.72 Å². The predicted molar refractivity (Wildman–Crippen MR) is 59.1 cm³/mol. The Morgan fingerprint density at radius 3 is 3.07 bits per heavy atom. The summed E-state index contributed by atoms with van der Waals surface area (Å²) >= 11 is 8.68. The second-order valence-corrected chi connectivity index (χ2v) is 5.58. The number of thioether (sulfide) groups is 1. The average molecular weight is 252 g/mol. The van der Waals surface area contributed by atoms with Crippen molar-refractivity contribution < 1.29 is 9.53 Å². The predicted octanol–water partition coefficient (Wildman–Crippen LogP) is 2.84. The lowest BCUT2D eigenvalue weighted by atomic mass is 10.3. The van der Waals surface area contributed by atoms with Gasteiger partial charge in [-0.15, -0.1) is 11.3 Å². The topological polar surface area (TPSA) is 39.2 Å². The van der Waals surface area contributed by atoms with E-state index >= 15 is 0 Å². The maximum absolute atomic E-state index is 10.9. The lowest BCUT2D eigenvalue weighted by Crippen LogP contribution is -2.08. The second kappa shape index (κ2) is 5.58. The Balaban J connectivity index is 2.41. The number of carbonyl (C=O) groups excluding carboxylic acids is 1. The fourth-order valence-corrected chi connectivity index (χ4v) is 3.12. The summed E-state index contributed by atoms with van der Waals surface area (Å²) in [4.78, 5) is 15.0. The van der Waals surface area contributed by atoms with E-state index in [1.165, 1.54) is 30.2 Å². The number of esters is 1. The van der Waals surface area contributed by atoms with Gasteiger partial charge >= 0.3 is 5.97 Å². The minimum absolute atomic E-state index is 0.157. The highest BCUT2D eigenvalue weighted by Crippen LogP contribution is 2.29. The summed E-state index contributed by atoms with van der Waals surface area (Å²) in [6.45, 7) is 1.96. The third-order valence-electron chi connectivity index (χ3n) is 1.44. The van der Waals surface area contributed by atoms with Gasteiger partial charge in [-0.25, -0.2) is 4.98 Å². The average Bonchev–Trinajstić information content (AvgIpc) is 2.50. The molecule has 0 saturated heterocycles. The van der Waals surface area contributed by atoms with Crippen molar-refractivity contribution in [3.8, 4) is 0 Å². The molecule has 0 aliphatic carbocycles. The van der Waals surface area contributed by atoms with Crippen LogP contribution in [0.4, 0.5) is 0 Å². The van der Waals surface area contributed by atoms with E-state index < -0.39 is 0 Å². The number of nitrogens with zero attached hydrogens (tertiary/aromatic N) is 1. The quantitative estimate of drug-likeness (QED) is 0.609. The minimum atomic E-state index is -0.201. The maximum atomic E-state index is 10.9. The van der Waals surface area contributed by atoms with Crippen LogP contribution in [0.25, 0.3) is 0 Å². The van der Waals surface area contributed by atoms with E-state index in [4.69, 9.17) is 11.6 Å². The highest BCUT2D eigenvalue weighted by atomic mass is 35.5. The third-order valence-corrected chi connectivity index (χ3v) is 3.84. The van der Waals surface area contributed by atoms with Gasteiger partial charge in [-0.3, -0.25) is 4.79 Å². The molecule has 1 rings (SSSR count). The van der Waals surface area contributed by atoms with Crippen LogP contribution in [0, 0.1) is 0 Å². The number of hydrogen-bond acceptors (Lipinski definition) is 5. The van der Waals surface area contributed by atoms with Crippen LogP contribution < -0.4 is 0 Å². The Labute approximate surface area is 95.8 Å². The van der Waals surface area contributed by atoms with E-state index in [-0.39, 0.29) is 11.2 Å². The maximum Gasteiger partial charge on any atom is 0.306 e. The van der Waals surface area contributed by atoms with Crippen LogP contribution in [0.3, 0.4) is 0 Å². The molecule has 0 bridgehead atoms. The third kappa shape index (κ3) is 3.86. The number of aromatic nitrogens is 1. The van der Waals surface area contributed by atoms with Crippen molar-refractivity contribution in [3.63, 3.8) is 0 Å². The molecular formula is C8H10ClNO2S2. The molecule has 1 aromatic heterocycles. The van der Waals surface area contributed by atoms with Gasteiger partial charge in [0.15, 0.2) is 4.34 Å². The molecule has 0 aromatic carbocycles. The van der Waals surface area contributed by atoms with Crippen LogP contribution in [-0.2, 0) is 9.53 Å². The molecule has 1 unspecified atom stereocenters. The van der Waals surface area contributed by atoms with Crippen molar-refractivity contribution in [1.29, 1.82) is 0 Å². The summed E-state index contributed by atoms with van der Waals surface area (Å²) in [5.41, 5.74) is 0. The van der Waals surface area contributed by atoms with Crippen molar-refractivity contribution in [2.75, 3.05) is 7.11 Å². The molecule has 0 spiro atoms. The zero-order valence-corrected chi connectivity index (χ0v) is 10.2. The number of hydrogen-bond donors (Lipinski definition) is 0. The normalized spacial score (nSPS) is 12.5. The zero-order valence-electron chi connectivity index (χ0n) is 7.82. The molecule has 1 atom stereocenters. The number of rotatable bonds is 4. The molecule has 0 aliphatic rings. The highest BCUT2D eigenvalue weighted by molar-refractivity contribution is 8.01. The van der Waals surface area contributed by atoms with Gasteiger partial charge < -0.3 is 4.74 Å². The Hall–Kier alpha value is -0.260. The molecule has 0 radical (unpaired) electrons. The SMILES string of the molecule is COC(=O)CC(C)Sc1nc(Cl)cs1. The fraction of sp³-hybridized carbons (Fsp3) is 0.500. The lowest BCUT2D eigenvalue weighted by Gasteiger charge is -2.06. The van der Waals surface area contributed by atoms with Crippen molar-refractivity contribution >= 4 is 40.7 Å². The number of thiazole rings is 1. The molecule has 0 saturated carbocycles. The molecule has 0 N–H and O–H groups in total. The van der Waals surface area contributed by atoms with Crippen LogP contribution >= 0.6 is 34.7 Å². The van der Waals surface area contributed by atoms with Crippen molar-refractivity contribution in [1.82, 2.24) is 4.98 Å². The first-order valence-electron chi connectivity index (χ1n) is 3.96. The van der Waals surface area contributed by atoms with E-state index in [1.54, 1.807) is 5.38 Å². The van der Waals surface area contributed by atoms with Gasteiger partial charge in [-0.2, -0.15) is 0 Å². The Morgan fingerprint density at radius 1 is 1.86 bits per heavy atom. The molecular weight excluding hydrogens is 242 g/mol. The van der Waals surface area contributed by atoms with Crippen LogP contribution in [0.15, 0.2) is 9.72 Å². The first kappa shape index (κ1) is 11.8. The van der Waals surface area contributed by atoms with Gasteiger partial charge in [0.2, 0.25) is 0 Å². The molecule has 0 aliphatic heterocycles. The second-order valence-electron chi connectivity index (χ2n) is 2.64. The number of carbonyl (C=O) groups is 1. The van der Waals surface area contributed by atoms with Crippen molar-refractivity contribution in [3.05, 3.63) is 10.5 Å². The van der Waals surface area contributed by atoms with Crippen LogP contribution in [0.5, 0.6) is 0 Å². The van der Waals surface area contributed by atoms with Gasteiger partial charge in [0.05, 0.1) is 13.5 Å². The Bertz CT molecular complexity index is 316. The summed E-state index contributed by atoms with van der Waals surface area (Å²) in [5, 5.41) is 2.43. The molecule has 14 heavy (non-hydrogen) atoms. The van der Waals surface area contributed by atoms with Gasteiger partial charge in [0.25, 0.3) is 0 Å². The Morgan fingerprint density at radius 2 is 2.57 bits per heavy atom. The van der Waals surface area contributed by atoms with E-state index in [0.29, 0.717) is 11.6 Å². The zero-order chi connectivity index (χ0) is 10.6. The molecule has 0 amide bonds. The summed E-state index contributed by atoms with van der Waals surface area (Å²) in [7, 11) is 1.39. The molecule has 1 aromatic rings. The summed E-state index contributed by atoms with van der Waals surface area (Å²) in [6, 6.07) is 0. The summed E-state index contributed by atoms with van der Waals surface area (Å²) < 4.78 is 5.45. The number of methoxy groups -OCH3 is 1. The van der Waals surface area contributed by atoms with Crippen molar-refractivity contribution in [2.24, 2.45) is 0 Å². The molecule has 0 fully saturated rings. The van der Waals surface area contributed by atoms with Crippen molar-refractivity contribution in [2.45, 2.75) is 22.9 Å². The summed E-state index contributed by atoms with van der Waals surface area (Å²) in [6.07, 6.45) is 0.387. The van der Waals surface area contributed by atoms with Gasteiger partial charge in [-0.1, -0.05) is 30.3 Å². The fourth-order valence-electron chi connectivity index (χ4n) is 0.825. The van der Waals surface area contributed by atoms with E-state index in [9.17, 15) is 4.79 Å². The smallest absolute Gasteiger partial charge is 0.306 e. The largest absolute Gasteiger partial charge is 0.469 e. The summed E-state index contributed by atoms with van der Waals surface area (Å²) in [5.74, 6) is -0.201. The number of halogens is 1. The first-order valence-corrected chi connectivity index (χ1v) is 6.10. The molecule has 78 valence electrons. The molecule has 6 heteroatoms. The minimum Gasteiger partial charge on any atom is -0.469 e. The van der Waals surface area contributed by atoms with Gasteiger partial charge in [0, 0.05) is 10.6 Å². The molecule has 1 heterocycles.